The Hall–Kier alpha value is -3.38. The molecule has 282 valence electrons. The quantitative estimate of drug-likeness (QED) is 0.224. The van der Waals surface area contributed by atoms with Gasteiger partial charge >= 0.3 is 12.1 Å². The van der Waals surface area contributed by atoms with Gasteiger partial charge in [-0.05, 0) is 74.5 Å². The van der Waals surface area contributed by atoms with Gasteiger partial charge in [0.25, 0.3) is 5.91 Å². The highest BCUT2D eigenvalue weighted by molar-refractivity contribution is 6.37. The Bertz CT molecular complexity index is 1310. The summed E-state index contributed by atoms with van der Waals surface area (Å²) in [7, 11) is 1.66. The summed E-state index contributed by atoms with van der Waals surface area (Å²) in [5.74, 6) is -2.46. The van der Waals surface area contributed by atoms with E-state index < -0.39 is 58.9 Å². The van der Waals surface area contributed by atoms with Gasteiger partial charge in [0.1, 0.15) is 17.7 Å². The van der Waals surface area contributed by atoms with Crippen LogP contribution < -0.4 is 21.7 Å². The molecule has 1 saturated heterocycles. The van der Waals surface area contributed by atoms with E-state index in [4.69, 9.17) is 10.5 Å². The molecule has 5 N–H and O–H groups in total. The maximum absolute atomic E-state index is 14.5. The topological polar surface area (TPSA) is 180 Å². The lowest BCUT2D eigenvalue weighted by Crippen LogP contribution is -2.62. The third-order valence-electron chi connectivity index (χ3n) is 11.5. The number of fused-ring (bicyclic) bond motifs is 1. The van der Waals surface area contributed by atoms with E-state index in [1.807, 2.05) is 20.8 Å². The number of hydrogen-bond donors (Lipinski definition) is 4. The average molecular weight is 703 g/mol. The van der Waals surface area contributed by atoms with Crippen molar-refractivity contribution in [2.24, 2.45) is 40.2 Å². The van der Waals surface area contributed by atoms with Crippen LogP contribution in [0.1, 0.15) is 113 Å². The van der Waals surface area contributed by atoms with Gasteiger partial charge in [0.05, 0.1) is 12.1 Å². The van der Waals surface area contributed by atoms with Crippen LogP contribution in [0.5, 0.6) is 0 Å². The van der Waals surface area contributed by atoms with Crippen LogP contribution in [0.3, 0.4) is 0 Å². The summed E-state index contributed by atoms with van der Waals surface area (Å²) in [6.07, 6.45) is 7.76. The molecule has 0 aromatic rings. The molecule has 50 heavy (non-hydrogen) atoms. The van der Waals surface area contributed by atoms with Crippen molar-refractivity contribution in [1.29, 1.82) is 0 Å². The Labute approximate surface area is 297 Å². The van der Waals surface area contributed by atoms with E-state index >= 15 is 0 Å². The SMILES string of the molecule is CN(C[C@@H](NC(=O)N[C@H](C(=O)N1C[C@H]2[C@@H]([C@H]1C(=O)NC(CC1CCC1)C(=O)C(N)=O)C2(C)C)C(C)(C)C)C1CCCCC1)C(=O)OC(C)(C)C. The molecule has 4 fully saturated rings. The standard InChI is InChI=1S/C37H62N6O7/c1-35(2,3)29(41-33(48)40-25(22-16-11-10-12-17-22)20-42(9)34(49)50-36(4,5)6)32(47)43-19-23-26(37(23,7)8)27(43)31(46)39-24(28(44)30(38)45)18-21-14-13-15-21/h21-27,29H,10-20H2,1-9H3,(H2,38,45)(H,39,46)(H2,40,41,48)/t23-,24?,25+,26-,27-,29+/m0/s1. The molecule has 0 aromatic heterocycles. The van der Waals surface area contributed by atoms with Crippen LogP contribution in [0.15, 0.2) is 0 Å². The van der Waals surface area contributed by atoms with Crippen LogP contribution in [0.25, 0.3) is 0 Å². The fraction of sp³-hybridized carbons (Fsp3) is 0.838. The van der Waals surface area contributed by atoms with Gasteiger partial charge in [0.2, 0.25) is 17.6 Å². The van der Waals surface area contributed by atoms with Crippen molar-refractivity contribution in [1.82, 2.24) is 25.8 Å². The summed E-state index contributed by atoms with van der Waals surface area (Å²) in [5, 5.41) is 8.86. The smallest absolute Gasteiger partial charge is 0.410 e. The molecule has 4 rings (SSSR count). The number of rotatable bonds is 12. The lowest BCUT2D eigenvalue weighted by molar-refractivity contribution is -0.145. The van der Waals surface area contributed by atoms with Crippen LogP contribution >= 0.6 is 0 Å². The number of ether oxygens (including phenoxy) is 1. The normalized spacial score (nSPS) is 25.2. The summed E-state index contributed by atoms with van der Waals surface area (Å²) in [6, 6.07) is -3.77. The zero-order chi connectivity index (χ0) is 37.3. The summed E-state index contributed by atoms with van der Waals surface area (Å²) in [6.45, 7) is 15.7. The first-order valence-electron chi connectivity index (χ1n) is 18.6. The maximum Gasteiger partial charge on any atom is 0.410 e. The monoisotopic (exact) mass is 702 g/mol. The molecule has 1 heterocycles. The minimum atomic E-state index is -1.09. The van der Waals surface area contributed by atoms with Crippen molar-refractivity contribution in [2.75, 3.05) is 20.1 Å². The summed E-state index contributed by atoms with van der Waals surface area (Å²) >= 11 is 0. The lowest BCUT2D eigenvalue weighted by atomic mass is 9.80. The number of Topliss-reactive ketones (excluding diaryl/α,β-unsaturated/α-hetero) is 1. The van der Waals surface area contributed by atoms with Crippen LogP contribution in [0, 0.1) is 34.5 Å². The molecule has 4 aliphatic rings. The summed E-state index contributed by atoms with van der Waals surface area (Å²) in [5.41, 5.74) is 3.79. The van der Waals surface area contributed by atoms with Crippen LogP contribution in [0.4, 0.5) is 9.59 Å². The van der Waals surface area contributed by atoms with Gasteiger partial charge in [-0.15, -0.1) is 0 Å². The summed E-state index contributed by atoms with van der Waals surface area (Å²) < 4.78 is 5.56. The van der Waals surface area contributed by atoms with Crippen molar-refractivity contribution >= 4 is 35.6 Å². The molecule has 0 radical (unpaired) electrons. The third kappa shape index (κ3) is 9.29. The van der Waals surface area contributed by atoms with Gasteiger partial charge in [0.15, 0.2) is 0 Å². The van der Waals surface area contributed by atoms with Gasteiger partial charge in [0, 0.05) is 20.1 Å². The fourth-order valence-corrected chi connectivity index (χ4v) is 8.25. The first-order chi connectivity index (χ1) is 23.1. The number of likely N-dealkylation sites (N-methyl/N-ethyl adjacent to an activating group) is 1. The highest BCUT2D eigenvalue weighted by atomic mass is 16.6. The molecule has 3 aliphatic carbocycles. The van der Waals surface area contributed by atoms with Crippen LogP contribution in [-0.2, 0) is 23.9 Å². The molecule has 0 spiro atoms. The van der Waals surface area contributed by atoms with E-state index in [-0.39, 0.29) is 47.6 Å². The molecule has 1 unspecified atom stereocenters. The molecule has 6 amide bonds. The zero-order valence-corrected chi connectivity index (χ0v) is 31.7. The molecule has 6 atom stereocenters. The second kappa shape index (κ2) is 15.1. The van der Waals surface area contributed by atoms with Gasteiger partial charge in [-0.25, -0.2) is 9.59 Å². The third-order valence-corrected chi connectivity index (χ3v) is 11.5. The van der Waals surface area contributed by atoms with E-state index in [2.05, 4.69) is 29.8 Å². The van der Waals surface area contributed by atoms with Crippen molar-refractivity contribution in [3.05, 3.63) is 0 Å². The zero-order valence-electron chi connectivity index (χ0n) is 31.7. The van der Waals surface area contributed by atoms with Gasteiger partial charge in [-0.1, -0.05) is 73.1 Å². The van der Waals surface area contributed by atoms with E-state index in [1.165, 1.54) is 4.90 Å². The number of hydrogen-bond acceptors (Lipinski definition) is 7. The van der Waals surface area contributed by atoms with Gasteiger partial charge in [-0.3, -0.25) is 19.2 Å². The largest absolute Gasteiger partial charge is 0.444 e. The predicted octanol–water partition coefficient (Wildman–Crippen LogP) is 3.73. The fourth-order valence-electron chi connectivity index (χ4n) is 8.25. The van der Waals surface area contributed by atoms with E-state index in [0.717, 1.165) is 51.4 Å². The number of nitrogens with two attached hydrogens (primary N) is 1. The second-order valence-corrected chi connectivity index (χ2v) is 18.0. The molecule has 13 nitrogen and oxygen atoms in total. The summed E-state index contributed by atoms with van der Waals surface area (Å²) in [4.78, 5) is 82.8. The molecule has 3 saturated carbocycles. The molecule has 0 bridgehead atoms. The number of ketones is 1. The van der Waals surface area contributed by atoms with Crippen molar-refractivity contribution in [3.8, 4) is 0 Å². The minimum absolute atomic E-state index is 0.0765. The van der Waals surface area contributed by atoms with E-state index in [9.17, 15) is 28.8 Å². The molecule has 1 aliphatic heterocycles. The molecular formula is C37H62N6O7. The Morgan fingerprint density at radius 1 is 0.900 bits per heavy atom. The highest BCUT2D eigenvalue weighted by Gasteiger charge is 2.70. The molecule has 0 aromatic carbocycles. The average Bonchev–Trinajstić information content (AvgIpc) is 3.30. The maximum atomic E-state index is 14.5. The first-order valence-corrected chi connectivity index (χ1v) is 18.6. The Kier molecular flexibility index (Phi) is 11.9. The van der Waals surface area contributed by atoms with Crippen LogP contribution in [0.2, 0.25) is 0 Å². The lowest BCUT2D eigenvalue weighted by Gasteiger charge is -2.39. The number of carbonyl (C=O) groups excluding carboxylic acids is 6. The number of likely N-dealkylation sites (tertiary alicyclic amines) is 1. The van der Waals surface area contributed by atoms with Gasteiger partial charge in [-0.2, -0.15) is 0 Å². The minimum Gasteiger partial charge on any atom is -0.444 e. The second-order valence-electron chi connectivity index (χ2n) is 18.0. The first kappa shape index (κ1) is 39.4. The van der Waals surface area contributed by atoms with Crippen molar-refractivity contribution < 1.29 is 33.5 Å². The Morgan fingerprint density at radius 2 is 1.52 bits per heavy atom. The number of nitrogens with one attached hydrogen (secondary N) is 3. The highest BCUT2D eigenvalue weighted by Crippen LogP contribution is 2.65. The Morgan fingerprint density at radius 3 is 2.04 bits per heavy atom. The van der Waals surface area contributed by atoms with Crippen molar-refractivity contribution in [3.63, 3.8) is 0 Å². The van der Waals surface area contributed by atoms with E-state index in [1.54, 1.807) is 32.7 Å². The van der Waals surface area contributed by atoms with E-state index in [0.29, 0.717) is 13.0 Å². The predicted molar refractivity (Wildman–Crippen MR) is 188 cm³/mol. The number of amides is 6. The molecule has 13 heteroatoms. The number of primary amides is 1. The van der Waals surface area contributed by atoms with Crippen molar-refractivity contribution in [2.45, 2.75) is 143 Å². The molecular weight excluding hydrogens is 640 g/mol. The van der Waals surface area contributed by atoms with Crippen LogP contribution in [-0.4, -0.2) is 95.3 Å². The van der Waals surface area contributed by atoms with Gasteiger partial charge < -0.3 is 36.2 Å². The number of urea groups is 1. The number of piperidine rings is 1. The number of carbonyl (C=O) groups is 6. The Balaban J connectivity index is 1.51. The number of nitrogens with zero attached hydrogens (tertiary/aromatic N) is 2.